The molecule has 1 rings (SSSR count). The summed E-state index contributed by atoms with van der Waals surface area (Å²) < 4.78 is 0. The first-order valence-electron chi connectivity index (χ1n) is 6.61. The van der Waals surface area contributed by atoms with E-state index in [1.807, 2.05) is 44.2 Å². The Morgan fingerprint density at radius 2 is 1.89 bits per heavy atom. The Bertz CT molecular complexity index is 417. The van der Waals surface area contributed by atoms with Crippen molar-refractivity contribution in [3.63, 3.8) is 0 Å². The Morgan fingerprint density at radius 1 is 1.26 bits per heavy atom. The summed E-state index contributed by atoms with van der Waals surface area (Å²) >= 11 is 0. The quantitative estimate of drug-likeness (QED) is 0.792. The second kappa shape index (κ2) is 7.56. The maximum absolute atomic E-state index is 11.9. The molecule has 1 amide bonds. The van der Waals surface area contributed by atoms with Crippen LogP contribution in [0.15, 0.2) is 30.3 Å². The van der Waals surface area contributed by atoms with Crippen molar-refractivity contribution >= 4 is 11.9 Å². The number of hydrogen-bond donors (Lipinski definition) is 2. The molecule has 2 N–H and O–H groups in total. The van der Waals surface area contributed by atoms with Gasteiger partial charge in [0.15, 0.2) is 0 Å². The van der Waals surface area contributed by atoms with E-state index in [0.29, 0.717) is 6.42 Å². The molecular formula is C15H21NO3. The van der Waals surface area contributed by atoms with Crippen molar-refractivity contribution in [1.29, 1.82) is 0 Å². The Kier molecular flexibility index (Phi) is 6.06. The first kappa shape index (κ1) is 15.2. The van der Waals surface area contributed by atoms with Gasteiger partial charge in [-0.05, 0) is 12.0 Å². The highest BCUT2D eigenvalue weighted by Crippen LogP contribution is 2.08. The first-order valence-corrected chi connectivity index (χ1v) is 6.61. The molecular weight excluding hydrogens is 242 g/mol. The molecule has 104 valence electrons. The van der Waals surface area contributed by atoms with Gasteiger partial charge in [0.1, 0.15) is 6.04 Å². The Balaban J connectivity index is 2.64. The van der Waals surface area contributed by atoms with Gasteiger partial charge >= 0.3 is 5.97 Å². The Labute approximate surface area is 113 Å². The highest BCUT2D eigenvalue weighted by molar-refractivity contribution is 5.84. The number of rotatable bonds is 7. The van der Waals surface area contributed by atoms with Crippen LogP contribution in [0.3, 0.4) is 0 Å². The number of carboxylic acid groups (broad SMARTS) is 1. The topological polar surface area (TPSA) is 66.4 Å². The van der Waals surface area contributed by atoms with E-state index in [-0.39, 0.29) is 11.8 Å². The van der Waals surface area contributed by atoms with Crippen LogP contribution in [0.5, 0.6) is 0 Å². The smallest absolute Gasteiger partial charge is 0.326 e. The lowest BCUT2D eigenvalue weighted by molar-refractivity contribution is -0.142. The third-order valence-corrected chi connectivity index (χ3v) is 3.07. The van der Waals surface area contributed by atoms with E-state index in [9.17, 15) is 14.7 Å². The molecule has 0 saturated heterocycles. The summed E-state index contributed by atoms with van der Waals surface area (Å²) in [5.74, 6) is -1.34. The van der Waals surface area contributed by atoms with Crippen LogP contribution in [0, 0.1) is 5.92 Å². The first-order chi connectivity index (χ1) is 9.04. The normalized spacial score (nSPS) is 13.6. The lowest BCUT2D eigenvalue weighted by Gasteiger charge is -2.17. The zero-order chi connectivity index (χ0) is 14.3. The summed E-state index contributed by atoms with van der Waals surface area (Å²) in [7, 11) is 0. The Hall–Kier alpha value is -1.84. The number of aliphatic carboxylic acids is 1. The minimum Gasteiger partial charge on any atom is -0.480 e. The molecule has 2 atom stereocenters. The molecule has 0 radical (unpaired) electrons. The van der Waals surface area contributed by atoms with Gasteiger partial charge in [-0.25, -0.2) is 4.79 Å². The number of hydrogen-bond acceptors (Lipinski definition) is 2. The number of carbonyl (C=O) groups is 2. The molecule has 0 aliphatic rings. The van der Waals surface area contributed by atoms with Crippen LogP contribution in [-0.2, 0) is 16.0 Å². The molecule has 0 aromatic heterocycles. The minimum absolute atomic E-state index is 0.150. The van der Waals surface area contributed by atoms with Gasteiger partial charge in [0, 0.05) is 12.3 Å². The largest absolute Gasteiger partial charge is 0.480 e. The number of benzene rings is 1. The Morgan fingerprint density at radius 3 is 2.42 bits per heavy atom. The number of carbonyl (C=O) groups excluding carboxylic acids is 1. The predicted molar refractivity (Wildman–Crippen MR) is 73.8 cm³/mol. The molecule has 1 aromatic rings. The maximum atomic E-state index is 11.9. The lowest BCUT2D eigenvalue weighted by atomic mass is 10.0. The lowest BCUT2D eigenvalue weighted by Crippen LogP contribution is -2.44. The average molecular weight is 263 g/mol. The summed E-state index contributed by atoms with van der Waals surface area (Å²) in [6, 6.07) is 8.44. The van der Waals surface area contributed by atoms with Crippen LogP contribution >= 0.6 is 0 Å². The predicted octanol–water partition coefficient (Wildman–Crippen LogP) is 2.23. The molecule has 0 spiro atoms. The van der Waals surface area contributed by atoms with E-state index < -0.39 is 12.0 Å². The van der Waals surface area contributed by atoms with Crippen LogP contribution in [0.25, 0.3) is 0 Å². The van der Waals surface area contributed by atoms with E-state index in [4.69, 9.17) is 0 Å². The highest BCUT2D eigenvalue weighted by Gasteiger charge is 2.22. The molecule has 0 fully saturated rings. The van der Waals surface area contributed by atoms with Gasteiger partial charge in [-0.1, -0.05) is 50.6 Å². The molecule has 0 heterocycles. The number of amides is 1. The summed E-state index contributed by atoms with van der Waals surface area (Å²) in [5.41, 5.74) is 0.901. The van der Waals surface area contributed by atoms with Gasteiger partial charge < -0.3 is 10.4 Å². The van der Waals surface area contributed by atoms with E-state index in [2.05, 4.69) is 5.32 Å². The van der Waals surface area contributed by atoms with Gasteiger partial charge in [-0.2, -0.15) is 0 Å². The van der Waals surface area contributed by atoms with Crippen molar-refractivity contribution in [2.45, 2.75) is 39.2 Å². The van der Waals surface area contributed by atoms with E-state index in [1.165, 1.54) is 0 Å². The zero-order valence-corrected chi connectivity index (χ0v) is 11.4. The van der Waals surface area contributed by atoms with Gasteiger partial charge in [-0.15, -0.1) is 0 Å². The van der Waals surface area contributed by atoms with Crippen LogP contribution < -0.4 is 5.32 Å². The molecule has 0 aliphatic heterocycles. The molecule has 0 aliphatic carbocycles. The van der Waals surface area contributed by atoms with Crippen LogP contribution in [-0.4, -0.2) is 23.0 Å². The molecule has 19 heavy (non-hydrogen) atoms. The number of carboxylic acids is 1. The standard InChI is InChI=1S/C15H21NO3/c1-3-7-11(2)14(17)16-13(15(18)19)10-12-8-5-4-6-9-12/h4-6,8-9,11,13H,3,7,10H2,1-2H3,(H,16,17)(H,18,19)/t11?,13-/m0/s1. The van der Waals surface area contributed by atoms with E-state index in [0.717, 1.165) is 18.4 Å². The molecule has 1 aromatic carbocycles. The fourth-order valence-corrected chi connectivity index (χ4v) is 1.93. The SMILES string of the molecule is CCCC(C)C(=O)N[C@@H](Cc1ccccc1)C(=O)O. The summed E-state index contributed by atoms with van der Waals surface area (Å²) in [6.07, 6.45) is 1.98. The molecule has 0 saturated carbocycles. The van der Waals surface area contributed by atoms with Crippen molar-refractivity contribution in [2.24, 2.45) is 5.92 Å². The summed E-state index contributed by atoms with van der Waals surface area (Å²) in [4.78, 5) is 23.1. The zero-order valence-electron chi connectivity index (χ0n) is 11.4. The van der Waals surface area contributed by atoms with E-state index in [1.54, 1.807) is 0 Å². The van der Waals surface area contributed by atoms with Crippen LogP contribution in [0.4, 0.5) is 0 Å². The van der Waals surface area contributed by atoms with Crippen molar-refractivity contribution in [1.82, 2.24) is 5.32 Å². The monoisotopic (exact) mass is 263 g/mol. The van der Waals surface area contributed by atoms with Gasteiger partial charge in [-0.3, -0.25) is 4.79 Å². The van der Waals surface area contributed by atoms with Crippen molar-refractivity contribution < 1.29 is 14.7 Å². The minimum atomic E-state index is -0.999. The average Bonchev–Trinajstić information content (AvgIpc) is 2.39. The number of nitrogens with one attached hydrogen (secondary N) is 1. The van der Waals surface area contributed by atoms with Crippen molar-refractivity contribution in [3.8, 4) is 0 Å². The molecule has 4 nitrogen and oxygen atoms in total. The highest BCUT2D eigenvalue weighted by atomic mass is 16.4. The van der Waals surface area contributed by atoms with Crippen molar-refractivity contribution in [3.05, 3.63) is 35.9 Å². The fourth-order valence-electron chi connectivity index (χ4n) is 1.93. The van der Waals surface area contributed by atoms with Gasteiger partial charge in [0.25, 0.3) is 0 Å². The van der Waals surface area contributed by atoms with Crippen molar-refractivity contribution in [2.75, 3.05) is 0 Å². The fraction of sp³-hybridized carbons (Fsp3) is 0.467. The third-order valence-electron chi connectivity index (χ3n) is 3.07. The van der Waals surface area contributed by atoms with Gasteiger partial charge in [0.05, 0.1) is 0 Å². The molecule has 1 unspecified atom stereocenters. The second-order valence-electron chi connectivity index (χ2n) is 4.78. The van der Waals surface area contributed by atoms with Gasteiger partial charge in [0.2, 0.25) is 5.91 Å². The molecule has 0 bridgehead atoms. The third kappa shape index (κ3) is 5.12. The second-order valence-corrected chi connectivity index (χ2v) is 4.78. The van der Waals surface area contributed by atoms with E-state index >= 15 is 0 Å². The summed E-state index contributed by atoms with van der Waals surface area (Å²) in [5, 5.41) is 11.8. The molecule has 4 heteroatoms. The van der Waals surface area contributed by atoms with Crippen LogP contribution in [0.1, 0.15) is 32.3 Å². The van der Waals surface area contributed by atoms with Crippen LogP contribution in [0.2, 0.25) is 0 Å². The maximum Gasteiger partial charge on any atom is 0.326 e. The summed E-state index contributed by atoms with van der Waals surface area (Å²) in [6.45, 7) is 3.82.